The molecule has 5 heteroatoms. The van der Waals surface area contributed by atoms with Gasteiger partial charge in [0, 0.05) is 0 Å². The van der Waals surface area contributed by atoms with Crippen molar-refractivity contribution in [2.75, 3.05) is 5.32 Å². The van der Waals surface area contributed by atoms with Crippen LogP contribution in [0.1, 0.15) is 25.8 Å². The largest absolute Gasteiger partial charge is 0.320 e. The van der Waals surface area contributed by atoms with Crippen LogP contribution in [0.3, 0.4) is 0 Å². The molecule has 1 rings (SSSR count). The minimum atomic E-state index is -1.30. The molecule has 0 heterocycles. The van der Waals surface area contributed by atoms with E-state index in [1.54, 1.807) is 6.92 Å². The molecular formula is C13H14F2N2O. The molecule has 0 aliphatic rings. The fraction of sp³-hybridized carbons (Fsp3) is 0.385. The average molecular weight is 252 g/mol. The zero-order valence-electron chi connectivity index (χ0n) is 10.5. The van der Waals surface area contributed by atoms with Gasteiger partial charge < -0.3 is 5.32 Å². The summed E-state index contributed by atoms with van der Waals surface area (Å²) in [5, 5.41) is 11.1. The number of amides is 1. The molecule has 3 nitrogen and oxygen atoms in total. The minimum absolute atomic E-state index is 0.224. The van der Waals surface area contributed by atoms with E-state index < -0.39 is 28.6 Å². The van der Waals surface area contributed by atoms with E-state index in [1.807, 2.05) is 6.07 Å². The van der Waals surface area contributed by atoms with Crippen LogP contribution < -0.4 is 5.32 Å². The number of hydrogen-bond acceptors (Lipinski definition) is 2. The number of nitrogens with zero attached hydrogens (tertiary/aromatic N) is 1. The highest BCUT2D eigenvalue weighted by molar-refractivity contribution is 5.97. The molecule has 1 N–H and O–H groups in total. The maximum atomic E-state index is 13.7. The molecule has 1 unspecified atom stereocenters. The van der Waals surface area contributed by atoms with Crippen molar-refractivity contribution < 1.29 is 13.6 Å². The molecule has 0 radical (unpaired) electrons. The SMILES string of the molecule is CCC(C)(C#N)C(=O)Nc1c(F)ccc(C)c1F. The van der Waals surface area contributed by atoms with Crippen molar-refractivity contribution in [1.29, 1.82) is 5.26 Å². The number of rotatable bonds is 3. The van der Waals surface area contributed by atoms with Gasteiger partial charge in [-0.15, -0.1) is 0 Å². The number of nitrogens with one attached hydrogen (secondary N) is 1. The molecule has 0 saturated carbocycles. The van der Waals surface area contributed by atoms with Crippen LogP contribution in [0, 0.1) is 35.3 Å². The summed E-state index contributed by atoms with van der Waals surface area (Å²) in [6, 6.07) is 4.20. The second-order valence-electron chi connectivity index (χ2n) is 4.30. The van der Waals surface area contributed by atoms with Crippen LogP contribution in [0.4, 0.5) is 14.5 Å². The third-order valence-electron chi connectivity index (χ3n) is 2.98. The molecule has 0 fully saturated rings. The third kappa shape index (κ3) is 2.48. The molecule has 0 spiro atoms. The topological polar surface area (TPSA) is 52.9 Å². The summed E-state index contributed by atoms with van der Waals surface area (Å²) in [6.45, 7) is 4.55. The first-order valence-corrected chi connectivity index (χ1v) is 5.53. The average Bonchev–Trinajstić information content (AvgIpc) is 2.37. The van der Waals surface area contributed by atoms with E-state index >= 15 is 0 Å². The van der Waals surface area contributed by atoms with E-state index in [2.05, 4.69) is 5.32 Å². The van der Waals surface area contributed by atoms with Gasteiger partial charge in [-0.05, 0) is 31.9 Å². The van der Waals surface area contributed by atoms with Crippen LogP contribution in [0.2, 0.25) is 0 Å². The summed E-state index contributed by atoms with van der Waals surface area (Å²) in [4.78, 5) is 11.8. The Morgan fingerprint density at radius 3 is 2.61 bits per heavy atom. The molecule has 1 aromatic rings. The standard InChI is InChI=1S/C13H14F2N2O/c1-4-13(3,7-16)12(18)17-11-9(14)6-5-8(2)10(11)15/h5-6H,4H2,1-3H3,(H,17,18). The van der Waals surface area contributed by atoms with Crippen molar-refractivity contribution in [3.8, 4) is 6.07 Å². The van der Waals surface area contributed by atoms with Crippen molar-refractivity contribution in [2.45, 2.75) is 27.2 Å². The van der Waals surface area contributed by atoms with Crippen LogP contribution in [-0.4, -0.2) is 5.91 Å². The lowest BCUT2D eigenvalue weighted by molar-refractivity contribution is -0.122. The summed E-state index contributed by atoms with van der Waals surface area (Å²) >= 11 is 0. The van der Waals surface area contributed by atoms with Crippen molar-refractivity contribution in [2.24, 2.45) is 5.41 Å². The molecule has 0 bridgehead atoms. The quantitative estimate of drug-likeness (QED) is 0.898. The number of halogens is 2. The van der Waals surface area contributed by atoms with Crippen LogP contribution >= 0.6 is 0 Å². The number of carbonyl (C=O) groups excluding carboxylic acids is 1. The molecule has 1 atom stereocenters. The number of benzene rings is 1. The summed E-state index contributed by atoms with van der Waals surface area (Å²) < 4.78 is 27.1. The van der Waals surface area contributed by atoms with Crippen LogP contribution in [0.15, 0.2) is 12.1 Å². The number of nitriles is 1. The Kier molecular flexibility index (Phi) is 4.02. The summed E-state index contributed by atoms with van der Waals surface area (Å²) in [5.41, 5.74) is -1.58. The van der Waals surface area contributed by atoms with Gasteiger partial charge in [-0.1, -0.05) is 13.0 Å². The second kappa shape index (κ2) is 5.13. The first-order valence-electron chi connectivity index (χ1n) is 5.53. The normalized spacial score (nSPS) is 13.6. The van der Waals surface area contributed by atoms with Crippen molar-refractivity contribution >= 4 is 11.6 Å². The van der Waals surface area contributed by atoms with Crippen LogP contribution in [0.25, 0.3) is 0 Å². The van der Waals surface area contributed by atoms with Gasteiger partial charge in [0.25, 0.3) is 0 Å². The number of hydrogen-bond donors (Lipinski definition) is 1. The number of carbonyl (C=O) groups is 1. The summed E-state index contributed by atoms with van der Waals surface area (Å²) in [5.74, 6) is -2.39. The molecular weight excluding hydrogens is 238 g/mol. The zero-order chi connectivity index (χ0) is 13.9. The predicted octanol–water partition coefficient (Wildman–Crippen LogP) is 3.15. The predicted molar refractivity (Wildman–Crippen MR) is 63.7 cm³/mol. The van der Waals surface area contributed by atoms with Crippen molar-refractivity contribution in [3.63, 3.8) is 0 Å². The fourth-order valence-corrected chi connectivity index (χ4v) is 1.31. The van der Waals surface area contributed by atoms with E-state index in [0.717, 1.165) is 6.07 Å². The third-order valence-corrected chi connectivity index (χ3v) is 2.98. The Morgan fingerprint density at radius 2 is 2.11 bits per heavy atom. The highest BCUT2D eigenvalue weighted by atomic mass is 19.1. The molecule has 0 aliphatic heterocycles. The number of aryl methyl sites for hydroxylation is 1. The lowest BCUT2D eigenvalue weighted by Crippen LogP contribution is -2.32. The first kappa shape index (κ1) is 14.1. The van der Waals surface area contributed by atoms with Gasteiger partial charge in [0.05, 0.1) is 6.07 Å². The lowest BCUT2D eigenvalue weighted by Gasteiger charge is -2.19. The van der Waals surface area contributed by atoms with Crippen LogP contribution in [0.5, 0.6) is 0 Å². The van der Waals surface area contributed by atoms with Gasteiger partial charge in [0.15, 0.2) is 5.82 Å². The summed E-state index contributed by atoms with van der Waals surface area (Å²) in [6.07, 6.45) is 0.254. The summed E-state index contributed by atoms with van der Waals surface area (Å²) in [7, 11) is 0. The lowest BCUT2D eigenvalue weighted by atomic mass is 9.88. The smallest absolute Gasteiger partial charge is 0.244 e. The van der Waals surface area contributed by atoms with E-state index in [-0.39, 0.29) is 12.0 Å². The molecule has 1 aromatic carbocycles. The van der Waals surface area contributed by atoms with E-state index in [0.29, 0.717) is 0 Å². The minimum Gasteiger partial charge on any atom is -0.320 e. The van der Waals surface area contributed by atoms with Gasteiger partial charge >= 0.3 is 0 Å². The Morgan fingerprint density at radius 1 is 1.50 bits per heavy atom. The van der Waals surface area contributed by atoms with Crippen molar-refractivity contribution in [1.82, 2.24) is 0 Å². The monoisotopic (exact) mass is 252 g/mol. The van der Waals surface area contributed by atoms with Gasteiger partial charge in [-0.25, -0.2) is 8.78 Å². The van der Waals surface area contributed by atoms with Gasteiger partial charge in [-0.2, -0.15) is 5.26 Å². The maximum Gasteiger partial charge on any atom is 0.244 e. The van der Waals surface area contributed by atoms with E-state index in [9.17, 15) is 13.6 Å². The molecule has 18 heavy (non-hydrogen) atoms. The van der Waals surface area contributed by atoms with Crippen LogP contribution in [-0.2, 0) is 4.79 Å². The van der Waals surface area contributed by atoms with E-state index in [1.165, 1.54) is 19.9 Å². The Hall–Kier alpha value is -1.96. The van der Waals surface area contributed by atoms with E-state index in [4.69, 9.17) is 5.26 Å². The highest BCUT2D eigenvalue weighted by Crippen LogP contribution is 2.26. The maximum absolute atomic E-state index is 13.7. The number of anilines is 1. The molecule has 1 amide bonds. The molecule has 96 valence electrons. The first-order chi connectivity index (χ1) is 8.35. The molecule has 0 aliphatic carbocycles. The van der Waals surface area contributed by atoms with Crippen molar-refractivity contribution in [3.05, 3.63) is 29.3 Å². The second-order valence-corrected chi connectivity index (χ2v) is 4.30. The van der Waals surface area contributed by atoms with Gasteiger partial charge in [-0.3, -0.25) is 4.79 Å². The Balaban J connectivity index is 3.11. The zero-order valence-corrected chi connectivity index (χ0v) is 10.5. The van der Waals surface area contributed by atoms with Gasteiger partial charge in [0.1, 0.15) is 16.9 Å². The van der Waals surface area contributed by atoms with Gasteiger partial charge in [0.2, 0.25) is 5.91 Å². The highest BCUT2D eigenvalue weighted by Gasteiger charge is 2.32. The fourth-order valence-electron chi connectivity index (χ4n) is 1.31. The Labute approximate surface area is 104 Å². The molecule has 0 saturated heterocycles. The Bertz CT molecular complexity index is 522. The molecule has 0 aromatic heterocycles.